The number of nitrogens with zero attached hydrogens (tertiary/aromatic N) is 2. The average molecular weight is 304 g/mol. The number of piperazine rings is 1. The Morgan fingerprint density at radius 2 is 1.55 bits per heavy atom. The molecule has 2 amide bonds. The molecule has 5 nitrogen and oxygen atoms in total. The zero-order valence-corrected chi connectivity index (χ0v) is 13.5. The van der Waals surface area contributed by atoms with E-state index in [1.165, 1.54) is 0 Å². The summed E-state index contributed by atoms with van der Waals surface area (Å²) in [6, 6.07) is 9.30. The minimum absolute atomic E-state index is 0.0355. The maximum absolute atomic E-state index is 12.2. The monoisotopic (exact) mass is 304 g/mol. The maximum Gasteiger partial charge on any atom is 0.260 e. The first kappa shape index (κ1) is 16.3. The van der Waals surface area contributed by atoms with Gasteiger partial charge in [0.15, 0.2) is 6.61 Å². The molecule has 0 radical (unpaired) electrons. The van der Waals surface area contributed by atoms with Crippen LogP contribution >= 0.6 is 0 Å². The molecule has 0 unspecified atom stereocenters. The molecule has 1 fully saturated rings. The molecule has 1 saturated heterocycles. The topological polar surface area (TPSA) is 49.9 Å². The molecule has 1 aliphatic heterocycles. The molecule has 1 heterocycles. The van der Waals surface area contributed by atoms with Gasteiger partial charge in [-0.3, -0.25) is 9.59 Å². The lowest BCUT2D eigenvalue weighted by Gasteiger charge is -2.37. The van der Waals surface area contributed by atoms with Gasteiger partial charge in [0.1, 0.15) is 5.75 Å². The minimum Gasteiger partial charge on any atom is -0.484 e. The highest BCUT2D eigenvalue weighted by Crippen LogP contribution is 2.18. The first-order valence-electron chi connectivity index (χ1n) is 7.63. The van der Waals surface area contributed by atoms with Gasteiger partial charge < -0.3 is 14.5 Å². The van der Waals surface area contributed by atoms with Gasteiger partial charge >= 0.3 is 0 Å². The predicted octanol–water partition coefficient (Wildman–Crippen LogP) is 1.78. The zero-order valence-electron chi connectivity index (χ0n) is 13.5. The second-order valence-corrected chi connectivity index (χ2v) is 6.52. The quantitative estimate of drug-likeness (QED) is 0.855. The van der Waals surface area contributed by atoms with Crippen LogP contribution in [0.2, 0.25) is 0 Å². The molecule has 0 bridgehead atoms. The van der Waals surface area contributed by atoms with Crippen molar-refractivity contribution >= 4 is 11.8 Å². The molecule has 2 rings (SSSR count). The van der Waals surface area contributed by atoms with Crippen molar-refractivity contribution in [2.75, 3.05) is 32.8 Å². The molecular formula is C17H24N2O3. The number of hydrogen-bond acceptors (Lipinski definition) is 3. The van der Waals surface area contributed by atoms with Gasteiger partial charge in [0.2, 0.25) is 5.91 Å². The molecule has 0 atom stereocenters. The lowest BCUT2D eigenvalue weighted by molar-refractivity contribution is -0.145. The summed E-state index contributed by atoms with van der Waals surface area (Å²) in [6.45, 7) is 8.11. The highest BCUT2D eigenvalue weighted by molar-refractivity contribution is 5.82. The van der Waals surface area contributed by atoms with Crippen LogP contribution in [0.25, 0.3) is 0 Å². The van der Waals surface area contributed by atoms with E-state index in [2.05, 4.69) is 0 Å². The van der Waals surface area contributed by atoms with Crippen LogP contribution in [0.3, 0.4) is 0 Å². The van der Waals surface area contributed by atoms with Gasteiger partial charge in [-0.1, -0.05) is 39.0 Å². The van der Waals surface area contributed by atoms with Crippen molar-refractivity contribution in [3.8, 4) is 5.75 Å². The SMILES string of the molecule is CC(C)(C)C(=O)N1CCN(C(=O)COc2ccccc2)CC1. The van der Waals surface area contributed by atoms with Crippen molar-refractivity contribution in [1.82, 2.24) is 9.80 Å². The van der Waals surface area contributed by atoms with Gasteiger partial charge in [0.05, 0.1) is 0 Å². The first-order valence-corrected chi connectivity index (χ1v) is 7.63. The van der Waals surface area contributed by atoms with Crippen molar-refractivity contribution in [3.63, 3.8) is 0 Å². The van der Waals surface area contributed by atoms with Gasteiger partial charge in [-0.05, 0) is 12.1 Å². The number of carbonyl (C=O) groups is 2. The number of carbonyl (C=O) groups excluding carboxylic acids is 2. The predicted molar refractivity (Wildman–Crippen MR) is 84.6 cm³/mol. The first-order chi connectivity index (χ1) is 10.4. The van der Waals surface area contributed by atoms with E-state index < -0.39 is 0 Å². The Labute approximate surface area is 131 Å². The van der Waals surface area contributed by atoms with Crippen molar-refractivity contribution < 1.29 is 14.3 Å². The van der Waals surface area contributed by atoms with Gasteiger partial charge in [-0.2, -0.15) is 0 Å². The van der Waals surface area contributed by atoms with E-state index in [0.29, 0.717) is 31.9 Å². The molecule has 0 aromatic heterocycles. The van der Waals surface area contributed by atoms with Crippen LogP contribution in [0, 0.1) is 5.41 Å². The summed E-state index contributed by atoms with van der Waals surface area (Å²) in [7, 11) is 0. The molecule has 0 saturated carbocycles. The number of amides is 2. The normalized spacial score (nSPS) is 15.6. The molecule has 120 valence electrons. The van der Waals surface area contributed by atoms with Gasteiger partial charge in [-0.15, -0.1) is 0 Å². The number of ether oxygens (including phenoxy) is 1. The Morgan fingerprint density at radius 3 is 2.09 bits per heavy atom. The number of benzene rings is 1. The molecule has 0 N–H and O–H groups in total. The summed E-state index contributed by atoms with van der Waals surface area (Å²) < 4.78 is 5.48. The Balaban J connectivity index is 1.79. The van der Waals surface area contributed by atoms with E-state index in [4.69, 9.17) is 4.74 Å². The summed E-state index contributed by atoms with van der Waals surface area (Å²) in [5.74, 6) is 0.796. The van der Waals surface area contributed by atoms with Gasteiger partial charge in [-0.25, -0.2) is 0 Å². The molecule has 5 heteroatoms. The summed E-state index contributed by atoms with van der Waals surface area (Å²) in [5, 5.41) is 0. The molecule has 1 aromatic carbocycles. The lowest BCUT2D eigenvalue weighted by atomic mass is 9.94. The third-order valence-corrected chi connectivity index (χ3v) is 3.67. The second kappa shape index (κ2) is 6.81. The molecule has 0 aliphatic carbocycles. The van der Waals surface area contributed by atoms with Crippen LogP contribution in [0.5, 0.6) is 5.75 Å². The number of hydrogen-bond donors (Lipinski definition) is 0. The van der Waals surface area contributed by atoms with Crippen molar-refractivity contribution in [2.24, 2.45) is 5.41 Å². The van der Waals surface area contributed by atoms with Crippen molar-refractivity contribution in [3.05, 3.63) is 30.3 Å². The summed E-state index contributed by atoms with van der Waals surface area (Å²) in [6.07, 6.45) is 0. The highest BCUT2D eigenvalue weighted by atomic mass is 16.5. The van der Waals surface area contributed by atoms with Crippen molar-refractivity contribution in [1.29, 1.82) is 0 Å². The minimum atomic E-state index is -0.372. The van der Waals surface area contributed by atoms with Crippen LogP contribution in [-0.2, 0) is 9.59 Å². The van der Waals surface area contributed by atoms with Crippen LogP contribution < -0.4 is 4.74 Å². The Morgan fingerprint density at radius 1 is 1.00 bits per heavy atom. The van der Waals surface area contributed by atoms with Crippen LogP contribution in [-0.4, -0.2) is 54.4 Å². The van der Waals surface area contributed by atoms with E-state index in [9.17, 15) is 9.59 Å². The Hall–Kier alpha value is -2.04. The van der Waals surface area contributed by atoms with Crippen LogP contribution in [0.1, 0.15) is 20.8 Å². The second-order valence-electron chi connectivity index (χ2n) is 6.52. The van der Waals surface area contributed by atoms with Crippen molar-refractivity contribution in [2.45, 2.75) is 20.8 Å². The number of para-hydroxylation sites is 1. The van der Waals surface area contributed by atoms with Gasteiger partial charge in [0, 0.05) is 31.6 Å². The van der Waals surface area contributed by atoms with Gasteiger partial charge in [0.25, 0.3) is 5.91 Å². The standard InChI is InChI=1S/C17H24N2O3/c1-17(2,3)16(21)19-11-9-18(10-12-19)15(20)13-22-14-7-5-4-6-8-14/h4-8H,9-13H2,1-3H3. The number of rotatable bonds is 3. The molecule has 22 heavy (non-hydrogen) atoms. The largest absolute Gasteiger partial charge is 0.484 e. The zero-order chi connectivity index (χ0) is 16.2. The molecular weight excluding hydrogens is 280 g/mol. The van der Waals surface area contributed by atoms with E-state index in [1.807, 2.05) is 56.0 Å². The fraction of sp³-hybridized carbons (Fsp3) is 0.529. The average Bonchev–Trinajstić information content (AvgIpc) is 2.52. The van der Waals surface area contributed by atoms with Crippen LogP contribution in [0.15, 0.2) is 30.3 Å². The summed E-state index contributed by atoms with van der Waals surface area (Å²) in [4.78, 5) is 27.9. The Bertz CT molecular complexity index is 514. The summed E-state index contributed by atoms with van der Waals surface area (Å²) in [5.41, 5.74) is -0.372. The highest BCUT2D eigenvalue weighted by Gasteiger charge is 2.30. The maximum atomic E-state index is 12.2. The van der Waals surface area contributed by atoms with E-state index in [0.717, 1.165) is 0 Å². The third-order valence-electron chi connectivity index (χ3n) is 3.67. The van der Waals surface area contributed by atoms with E-state index >= 15 is 0 Å². The molecule has 1 aromatic rings. The summed E-state index contributed by atoms with van der Waals surface area (Å²) >= 11 is 0. The fourth-order valence-corrected chi connectivity index (χ4v) is 2.39. The smallest absolute Gasteiger partial charge is 0.260 e. The fourth-order valence-electron chi connectivity index (χ4n) is 2.39. The van der Waals surface area contributed by atoms with E-state index in [-0.39, 0.29) is 23.8 Å². The van der Waals surface area contributed by atoms with Crippen LogP contribution in [0.4, 0.5) is 0 Å². The third kappa shape index (κ3) is 4.23. The lowest BCUT2D eigenvalue weighted by Crippen LogP contribution is -2.53. The molecule has 0 spiro atoms. The Kier molecular flexibility index (Phi) is 5.06. The van der Waals surface area contributed by atoms with E-state index in [1.54, 1.807) is 4.90 Å². The molecule has 1 aliphatic rings.